The number of rotatable bonds is 13. The van der Waals surface area contributed by atoms with Crippen molar-refractivity contribution in [2.45, 2.75) is 19.4 Å². The van der Waals surface area contributed by atoms with Crippen molar-refractivity contribution in [3.8, 4) is 56.8 Å². The van der Waals surface area contributed by atoms with Crippen LogP contribution in [-0.2, 0) is 5.60 Å². The molecule has 0 heterocycles. The van der Waals surface area contributed by atoms with Crippen LogP contribution in [0.3, 0.4) is 0 Å². The van der Waals surface area contributed by atoms with E-state index in [9.17, 15) is 9.90 Å². The summed E-state index contributed by atoms with van der Waals surface area (Å²) in [5, 5.41) is 21.1. The fraction of sp³-hybridized carbons (Fsp3) is 0.0610. The van der Waals surface area contributed by atoms with Crippen molar-refractivity contribution in [3.63, 3.8) is 0 Å². The molecule has 89 heavy (non-hydrogen) atoms. The van der Waals surface area contributed by atoms with Gasteiger partial charge >= 0.3 is 18.9 Å². The van der Waals surface area contributed by atoms with Crippen molar-refractivity contribution in [3.05, 3.63) is 348 Å². The molecule has 1 N–H and O–H groups in total. The molecule has 0 aliphatic rings. The summed E-state index contributed by atoms with van der Waals surface area (Å²) in [4.78, 5) is 13.0. The van der Waals surface area contributed by atoms with Crippen LogP contribution in [0.5, 0.6) is 34.5 Å². The van der Waals surface area contributed by atoms with Crippen LogP contribution in [0.25, 0.3) is 65.3 Å². The molecule has 0 spiro atoms. The summed E-state index contributed by atoms with van der Waals surface area (Å²) in [6, 6.07) is 103. The second kappa shape index (κ2) is 27.5. The van der Waals surface area contributed by atoms with Crippen LogP contribution in [0.4, 0.5) is 0 Å². The molecular formula is C82H63LiO6. The maximum Gasteiger partial charge on any atom is 1.00 e. The first kappa shape index (κ1) is 60.2. The molecule has 0 saturated heterocycles. The van der Waals surface area contributed by atoms with Gasteiger partial charge in [0, 0.05) is 33.4 Å². The molecule has 0 saturated carbocycles. The Balaban J connectivity index is 0.000000167. The van der Waals surface area contributed by atoms with Crippen LogP contribution in [-0.4, -0.2) is 25.1 Å². The number of hydrogen-bond donors (Lipinski definition) is 1. The number of aryl methyl sites for hydroxylation is 2. The Labute approximate surface area is 532 Å². The molecule has 428 valence electrons. The minimum Gasteiger partial charge on any atom is -0.496 e. The molecule has 0 bridgehead atoms. The monoisotopic (exact) mass is 1150 g/mol. The van der Waals surface area contributed by atoms with Gasteiger partial charge in [-0.3, -0.25) is 4.79 Å². The number of aliphatic hydroxyl groups is 1. The normalized spacial score (nSPS) is 11.5. The Hall–Kier alpha value is -10.5. The number of ether oxygens (including phenoxy) is 4. The molecule has 0 aromatic heterocycles. The molecule has 14 rings (SSSR count). The van der Waals surface area contributed by atoms with E-state index in [0.29, 0.717) is 22.6 Å². The number of ketones is 1. The molecule has 0 amide bonds. The molecule has 0 aliphatic carbocycles. The van der Waals surface area contributed by atoms with Crippen LogP contribution < -0.4 is 37.8 Å². The fourth-order valence-corrected chi connectivity index (χ4v) is 11.4. The minimum atomic E-state index is -1.32. The Morgan fingerprint density at radius 2 is 0.640 bits per heavy atom. The smallest absolute Gasteiger partial charge is 0.496 e. The Kier molecular flexibility index (Phi) is 18.6. The largest absolute Gasteiger partial charge is 1.00 e. The van der Waals surface area contributed by atoms with Crippen molar-refractivity contribution in [2.24, 2.45) is 0 Å². The average Bonchev–Trinajstić information content (AvgIpc) is 2.00. The molecule has 0 aliphatic heterocycles. The predicted octanol–water partition coefficient (Wildman–Crippen LogP) is 17.5. The van der Waals surface area contributed by atoms with Crippen molar-refractivity contribution < 1.29 is 47.7 Å². The third kappa shape index (κ3) is 12.9. The molecule has 1 unspecified atom stereocenters. The third-order valence-electron chi connectivity index (χ3n) is 15.9. The van der Waals surface area contributed by atoms with Crippen LogP contribution in [0.1, 0.15) is 43.7 Å². The van der Waals surface area contributed by atoms with E-state index in [1.807, 2.05) is 232 Å². The quantitative estimate of drug-likeness (QED) is 0.0537. The molecule has 6 nitrogen and oxygen atoms in total. The van der Waals surface area contributed by atoms with Gasteiger partial charge in [0.25, 0.3) is 0 Å². The first-order valence-corrected chi connectivity index (χ1v) is 29.3. The van der Waals surface area contributed by atoms with Gasteiger partial charge in [0.15, 0.2) is 5.78 Å². The Morgan fingerprint density at radius 1 is 0.337 bits per heavy atom. The fourth-order valence-electron chi connectivity index (χ4n) is 11.4. The van der Waals surface area contributed by atoms with E-state index >= 15 is 0 Å². The van der Waals surface area contributed by atoms with Gasteiger partial charge in [-0.15, -0.1) is 0 Å². The number of methoxy groups -OCH3 is 2. The molecule has 0 radical (unpaired) electrons. The van der Waals surface area contributed by atoms with E-state index in [1.165, 1.54) is 0 Å². The summed E-state index contributed by atoms with van der Waals surface area (Å²) in [7, 11) is 3.41. The summed E-state index contributed by atoms with van der Waals surface area (Å²) >= 11 is 0. The van der Waals surface area contributed by atoms with Crippen molar-refractivity contribution in [1.82, 2.24) is 0 Å². The standard InChI is InChI=1S/C41H32O3.C35H26O3.C6H5.Li/c1-28-16-20-32(21-17-28)41(42,31-12-4-3-5-13-31)33-22-24-34(25-23-33)44-38-27-19-30-11-7-9-15-36(30)40(38)39-35-14-8-6-10-29(35)18-26-37(39)43-2;1-23-11-13-26(14-12-23)35(36)27-15-19-28(20-16-27)38-32-22-18-25-8-4-6-10-30(25)34(32)33-29-9-5-3-7-24(29)17-21-31(33)37-2;1-2-4-6-5-3-1;/h3-27,42H,1-2H3;3-22H,1-2H3;1-5H;/q;;-1;+1. The van der Waals surface area contributed by atoms with Gasteiger partial charge in [-0.05, 0) is 134 Å². The summed E-state index contributed by atoms with van der Waals surface area (Å²) in [5.74, 6) is 4.32. The number of fused-ring (bicyclic) bond motifs is 4. The Bertz CT molecular complexity index is 4700. The maximum absolute atomic E-state index is 13.0. The van der Waals surface area contributed by atoms with E-state index in [1.54, 1.807) is 14.2 Å². The summed E-state index contributed by atoms with van der Waals surface area (Å²) < 4.78 is 25.0. The zero-order valence-corrected chi connectivity index (χ0v) is 50.4. The number of benzene rings is 14. The van der Waals surface area contributed by atoms with Gasteiger partial charge in [-0.2, -0.15) is 36.4 Å². The Morgan fingerprint density at radius 3 is 1.01 bits per heavy atom. The first-order chi connectivity index (χ1) is 43.2. The average molecular weight is 1150 g/mol. The summed E-state index contributed by atoms with van der Waals surface area (Å²) in [6.45, 7) is 4.06. The van der Waals surface area contributed by atoms with Crippen LogP contribution in [0.2, 0.25) is 0 Å². The van der Waals surface area contributed by atoms with Crippen molar-refractivity contribution >= 4 is 48.9 Å². The van der Waals surface area contributed by atoms with Crippen molar-refractivity contribution in [2.75, 3.05) is 14.2 Å². The molecule has 1 atom stereocenters. The number of hydrogen-bond acceptors (Lipinski definition) is 6. The zero-order valence-electron chi connectivity index (χ0n) is 50.4. The van der Waals surface area contributed by atoms with Crippen LogP contribution in [0, 0.1) is 19.9 Å². The molecule has 7 heteroatoms. The van der Waals surface area contributed by atoms with Gasteiger partial charge in [0.2, 0.25) is 0 Å². The van der Waals surface area contributed by atoms with E-state index in [4.69, 9.17) is 18.9 Å². The van der Waals surface area contributed by atoms with E-state index < -0.39 is 5.60 Å². The van der Waals surface area contributed by atoms with Crippen LogP contribution in [0.15, 0.2) is 303 Å². The van der Waals surface area contributed by atoms with Crippen LogP contribution >= 0.6 is 0 Å². The zero-order chi connectivity index (χ0) is 60.4. The van der Waals surface area contributed by atoms with E-state index in [0.717, 1.165) is 116 Å². The molecule has 0 fully saturated rings. The predicted molar refractivity (Wildman–Crippen MR) is 360 cm³/mol. The first-order valence-electron chi connectivity index (χ1n) is 29.3. The molecule has 14 aromatic rings. The molecule has 14 aromatic carbocycles. The second-order valence-electron chi connectivity index (χ2n) is 21.5. The molecular weight excluding hydrogens is 1090 g/mol. The minimum absolute atomic E-state index is 0. The summed E-state index contributed by atoms with van der Waals surface area (Å²) in [6.07, 6.45) is 0. The van der Waals surface area contributed by atoms with E-state index in [-0.39, 0.29) is 24.6 Å². The number of carbonyl (C=O) groups excluding carboxylic acids is 1. The van der Waals surface area contributed by atoms with E-state index in [2.05, 4.69) is 91.0 Å². The number of carbonyl (C=O) groups is 1. The van der Waals surface area contributed by atoms with Gasteiger partial charge in [0.1, 0.15) is 40.1 Å². The van der Waals surface area contributed by atoms with Gasteiger partial charge in [-0.25, -0.2) is 0 Å². The van der Waals surface area contributed by atoms with Gasteiger partial charge in [0.05, 0.1) is 14.2 Å². The topological polar surface area (TPSA) is 74.2 Å². The summed E-state index contributed by atoms with van der Waals surface area (Å²) in [5.41, 5.74) is 8.53. The second-order valence-corrected chi connectivity index (χ2v) is 21.5. The van der Waals surface area contributed by atoms with Gasteiger partial charge < -0.3 is 24.1 Å². The van der Waals surface area contributed by atoms with Gasteiger partial charge in [-0.1, -0.05) is 223 Å². The third-order valence-corrected chi connectivity index (χ3v) is 15.9. The maximum atomic E-state index is 13.0. The SMILES string of the molecule is COc1ccc2ccccc2c1-c1c(Oc2ccc(C(=O)c3ccc(C)cc3)cc2)ccc2ccccc12.COc1ccc2ccccc2c1-c1c(Oc2ccc(C(O)(c3ccccc3)c3ccc(C)cc3)cc2)ccc2ccccc12.[Li+].[c-]1ccccc1. The van der Waals surface area contributed by atoms with Crippen molar-refractivity contribution in [1.29, 1.82) is 0 Å².